The van der Waals surface area contributed by atoms with Crippen molar-refractivity contribution in [1.29, 1.82) is 0 Å². The van der Waals surface area contributed by atoms with Gasteiger partial charge in [-0.05, 0) is 41.3 Å². The number of aromatic nitrogens is 5. The highest BCUT2D eigenvalue weighted by molar-refractivity contribution is 6.24. The molecule has 0 bridgehead atoms. The zero-order valence-corrected chi connectivity index (χ0v) is 28.1. The van der Waals surface area contributed by atoms with Gasteiger partial charge in [0.2, 0.25) is 5.95 Å². The van der Waals surface area contributed by atoms with E-state index in [9.17, 15) is 11.0 Å². The fraction of sp³-hybridized carbons (Fsp3) is 0. The van der Waals surface area contributed by atoms with Gasteiger partial charge in [-0.15, -0.1) is 0 Å². The van der Waals surface area contributed by atoms with Crippen molar-refractivity contribution in [3.05, 3.63) is 187 Å². The van der Waals surface area contributed by atoms with Crippen molar-refractivity contribution >= 4 is 65.6 Å². The number of hydrogen-bond donors (Lipinski definition) is 0. The summed E-state index contributed by atoms with van der Waals surface area (Å²) in [4.78, 5) is 13.4. The monoisotopic (exact) mass is 760 g/mol. The maximum atomic E-state index is 10.3. The molecule has 0 aliphatic heterocycles. The average Bonchev–Trinajstić information content (AvgIpc) is 1.51. The van der Waals surface area contributed by atoms with E-state index in [2.05, 4.69) is 15.0 Å². The topological polar surface area (TPSA) is 61.7 Å². The minimum Gasteiger partial charge on any atom is -0.454 e. The largest absolute Gasteiger partial charge is 0.454 e. The molecule has 4 aromatic heterocycles. The fourth-order valence-electron chi connectivity index (χ4n) is 6.74. The van der Waals surface area contributed by atoms with Crippen molar-refractivity contribution in [2.24, 2.45) is 0 Å². The lowest BCUT2D eigenvalue weighted by molar-refractivity contribution is 0.666. The first kappa shape index (κ1) is 13.7. The molecular weight excluding hydrogens is 699 g/mol. The van der Waals surface area contributed by atoms with Crippen LogP contribution in [0.15, 0.2) is 192 Å². The Hall–Kier alpha value is -7.83. The molecule has 12 rings (SSSR count). The second kappa shape index (κ2) is 12.3. The van der Waals surface area contributed by atoms with Crippen LogP contribution in [0, 0.1) is 0 Å². The zero-order chi connectivity index (χ0) is 64.4. The molecular formula is C51H31N5O. The number of benzene rings is 8. The van der Waals surface area contributed by atoms with Gasteiger partial charge in [0, 0.05) is 43.4 Å². The smallest absolute Gasteiger partial charge is 0.238 e. The van der Waals surface area contributed by atoms with E-state index in [1.807, 2.05) is 0 Å². The number of hydrogen-bond acceptors (Lipinski definition) is 4. The van der Waals surface area contributed by atoms with E-state index in [4.69, 9.17) is 35.9 Å². The SMILES string of the molecule is [2H]c1c([2H])c([2H])c(-c2nc(-c3c([2H])c([2H])c([2H])c([2H])c3[2H])nc(-n3c4c([2H])c([2H])c([2H])c([2H])c4c4c([2H])c([2H])c5c6c([2H])c([2H])c([2H])c([2H])c6n(-c6c([2H])c(-c7c([2H])c([2H])c([2H])c([2H])c7[2H])c([2H])c7c6oc6c([2H])c([2H])c([2H])c([2H])c67)c5c43)n2)c([2H])c1[2H]. The Morgan fingerprint density at radius 2 is 0.877 bits per heavy atom. The standard InChI is InChI=1S/C51H31N5O/c1-4-16-32(17-5-1)35-30-41-38-24-12-15-27-45(38)57-48(41)44(31-35)55-42-25-13-10-22-36(42)39-28-29-40-37-23-11-14-26-43(37)56(47(40)46(39)55)51-53-49(33-18-6-2-7-19-33)52-50(54-51)34-20-8-3-9-21-34/h1-31H/i1D,2D,3D,4D,5D,6D,7D,8D,9D,10D,11D,12D,13D,14D,15D,16D,17D,18D,19D,20D,21D,22D,23D,24D,25D,26D,27D,28D,29D,30D,31D. The summed E-state index contributed by atoms with van der Waals surface area (Å²) in [6, 6.07) is -29.9. The van der Waals surface area contributed by atoms with E-state index in [1.165, 1.54) is 0 Å². The van der Waals surface area contributed by atoms with Gasteiger partial charge >= 0.3 is 0 Å². The lowest BCUT2D eigenvalue weighted by Crippen LogP contribution is -2.07. The molecule has 0 aliphatic rings. The highest BCUT2D eigenvalue weighted by Crippen LogP contribution is 2.44. The van der Waals surface area contributed by atoms with Crippen LogP contribution in [0.2, 0.25) is 0 Å². The van der Waals surface area contributed by atoms with Crippen molar-refractivity contribution in [3.63, 3.8) is 0 Å². The van der Waals surface area contributed by atoms with Gasteiger partial charge in [0.1, 0.15) is 5.58 Å². The van der Waals surface area contributed by atoms with Gasteiger partial charge in [0.15, 0.2) is 17.2 Å². The normalized spacial score (nSPS) is 19.5. The first-order valence-corrected chi connectivity index (χ1v) is 16.6. The molecule has 0 radical (unpaired) electrons. The molecule has 0 unspecified atom stereocenters. The molecule has 8 aromatic carbocycles. The molecule has 0 amide bonds. The Morgan fingerprint density at radius 1 is 0.386 bits per heavy atom. The van der Waals surface area contributed by atoms with E-state index >= 15 is 0 Å². The molecule has 6 nitrogen and oxygen atoms in total. The number of nitrogens with zero attached hydrogens (tertiary/aromatic N) is 5. The molecule has 6 heteroatoms. The molecule has 0 aliphatic carbocycles. The molecule has 0 spiro atoms. The Kier molecular flexibility index (Phi) is 2.97. The summed E-state index contributed by atoms with van der Waals surface area (Å²) in [5.41, 5.74) is -8.73. The van der Waals surface area contributed by atoms with Crippen molar-refractivity contribution in [2.75, 3.05) is 0 Å². The summed E-state index contributed by atoms with van der Waals surface area (Å²) in [6.45, 7) is 0. The van der Waals surface area contributed by atoms with Gasteiger partial charge in [-0.25, -0.2) is 4.98 Å². The Bertz CT molecular complexity index is 5190. The van der Waals surface area contributed by atoms with Crippen LogP contribution in [-0.4, -0.2) is 24.1 Å². The first-order chi connectivity index (χ1) is 41.2. The Balaban J connectivity index is 1.46. The van der Waals surface area contributed by atoms with E-state index < -0.39 is 298 Å². The van der Waals surface area contributed by atoms with Crippen LogP contribution >= 0.6 is 0 Å². The van der Waals surface area contributed by atoms with E-state index in [0.29, 0.717) is 0 Å². The molecule has 0 saturated heterocycles. The quantitative estimate of drug-likeness (QED) is 0.175. The van der Waals surface area contributed by atoms with Crippen LogP contribution < -0.4 is 0 Å². The van der Waals surface area contributed by atoms with Gasteiger partial charge in [0.25, 0.3) is 0 Å². The lowest BCUT2D eigenvalue weighted by Gasteiger charge is -2.14. The maximum absolute atomic E-state index is 10.3. The predicted octanol–water partition coefficient (Wildman–Crippen LogP) is 13.0. The summed E-state index contributed by atoms with van der Waals surface area (Å²) < 4.78 is 289. The Morgan fingerprint density at radius 3 is 1.49 bits per heavy atom. The van der Waals surface area contributed by atoms with Gasteiger partial charge in [0.05, 0.1) is 70.2 Å². The number of para-hydroxylation sites is 3. The number of rotatable bonds is 5. The molecule has 266 valence electrons. The molecule has 0 saturated carbocycles. The lowest BCUT2D eigenvalue weighted by atomic mass is 10.0. The summed E-state index contributed by atoms with van der Waals surface area (Å²) in [7, 11) is 0. The third-order valence-electron chi connectivity index (χ3n) is 9.03. The van der Waals surface area contributed by atoms with Crippen molar-refractivity contribution in [3.8, 4) is 45.5 Å². The van der Waals surface area contributed by atoms with E-state index in [1.54, 1.807) is 0 Å². The van der Waals surface area contributed by atoms with Crippen LogP contribution in [0.1, 0.15) is 42.5 Å². The number of fused-ring (bicyclic) bond motifs is 10. The van der Waals surface area contributed by atoms with Crippen LogP contribution in [0.5, 0.6) is 0 Å². The number of furan rings is 1. The third-order valence-corrected chi connectivity index (χ3v) is 9.03. The summed E-state index contributed by atoms with van der Waals surface area (Å²) in [5.74, 6) is -2.85. The van der Waals surface area contributed by atoms with E-state index in [0.717, 1.165) is 9.13 Å². The summed E-state index contributed by atoms with van der Waals surface area (Å²) in [5, 5.41) is -3.93. The van der Waals surface area contributed by atoms with Crippen LogP contribution in [0.3, 0.4) is 0 Å². The van der Waals surface area contributed by atoms with Crippen LogP contribution in [-0.2, 0) is 0 Å². The first-order valence-electron chi connectivity index (χ1n) is 32.1. The minimum absolute atomic E-state index is 0.591. The average molecular weight is 761 g/mol. The van der Waals surface area contributed by atoms with Gasteiger partial charge in [-0.3, -0.25) is 4.57 Å². The Labute approximate surface area is 370 Å². The minimum atomic E-state index is -1.11. The molecule has 0 N–H and O–H groups in total. The van der Waals surface area contributed by atoms with Crippen molar-refractivity contribution in [1.82, 2.24) is 24.1 Å². The summed E-state index contributed by atoms with van der Waals surface area (Å²) >= 11 is 0. The molecule has 0 atom stereocenters. The second-order valence-electron chi connectivity index (χ2n) is 12.1. The van der Waals surface area contributed by atoms with Crippen LogP contribution in [0.25, 0.3) is 111 Å². The third kappa shape index (κ3) is 4.81. The zero-order valence-electron chi connectivity index (χ0n) is 59.1. The molecule has 12 aromatic rings. The molecule has 4 heterocycles. The maximum Gasteiger partial charge on any atom is 0.238 e. The summed E-state index contributed by atoms with van der Waals surface area (Å²) in [6.07, 6.45) is 0. The fourth-order valence-corrected chi connectivity index (χ4v) is 6.74. The van der Waals surface area contributed by atoms with Crippen molar-refractivity contribution < 1.29 is 46.9 Å². The highest BCUT2D eigenvalue weighted by Gasteiger charge is 2.25. The van der Waals surface area contributed by atoms with Gasteiger partial charge in [-0.1, -0.05) is 157 Å². The van der Waals surface area contributed by atoms with E-state index in [-0.39, 0.29) is 0 Å². The van der Waals surface area contributed by atoms with Crippen molar-refractivity contribution in [2.45, 2.75) is 0 Å². The molecule has 0 fully saturated rings. The van der Waals surface area contributed by atoms with Crippen LogP contribution in [0.4, 0.5) is 0 Å². The van der Waals surface area contributed by atoms with Gasteiger partial charge in [-0.2, -0.15) is 9.97 Å². The molecule has 57 heavy (non-hydrogen) atoms. The highest BCUT2D eigenvalue weighted by atomic mass is 16.3. The predicted molar refractivity (Wildman–Crippen MR) is 232 cm³/mol. The van der Waals surface area contributed by atoms with Gasteiger partial charge < -0.3 is 8.98 Å². The second-order valence-corrected chi connectivity index (χ2v) is 12.1.